The molecule has 1 aliphatic rings. The summed E-state index contributed by atoms with van der Waals surface area (Å²) in [6.07, 6.45) is 1.20. The lowest BCUT2D eigenvalue weighted by Gasteiger charge is -2.22. The van der Waals surface area contributed by atoms with Gasteiger partial charge in [-0.25, -0.2) is 9.48 Å². The fourth-order valence-corrected chi connectivity index (χ4v) is 2.45. The fourth-order valence-electron chi connectivity index (χ4n) is 2.45. The molecule has 2 heterocycles. The molecule has 0 aliphatic carbocycles. The molecule has 1 aliphatic heterocycles. The average Bonchev–Trinajstić information content (AvgIpc) is 2.81. The lowest BCUT2D eigenvalue weighted by atomic mass is 10.2. The Morgan fingerprint density at radius 3 is 2.83 bits per heavy atom. The van der Waals surface area contributed by atoms with Crippen molar-refractivity contribution in [2.24, 2.45) is 7.05 Å². The van der Waals surface area contributed by atoms with Crippen molar-refractivity contribution in [3.8, 4) is 0 Å². The molecule has 1 fully saturated rings. The van der Waals surface area contributed by atoms with E-state index in [9.17, 15) is 14.9 Å². The first kappa shape index (κ1) is 12.3. The van der Waals surface area contributed by atoms with Gasteiger partial charge in [-0.05, 0) is 19.8 Å². The lowest BCUT2D eigenvalue weighted by molar-refractivity contribution is -0.384. The van der Waals surface area contributed by atoms with Crippen molar-refractivity contribution >= 4 is 17.5 Å². The maximum Gasteiger partial charge on any atom is 0.333 e. The zero-order valence-corrected chi connectivity index (χ0v) is 10.2. The summed E-state index contributed by atoms with van der Waals surface area (Å²) in [5.74, 6) is -0.678. The van der Waals surface area contributed by atoms with Gasteiger partial charge < -0.3 is 10.0 Å². The van der Waals surface area contributed by atoms with E-state index in [2.05, 4.69) is 5.10 Å². The second kappa shape index (κ2) is 4.28. The smallest absolute Gasteiger partial charge is 0.333 e. The summed E-state index contributed by atoms with van der Waals surface area (Å²) < 4.78 is 1.38. The van der Waals surface area contributed by atoms with Gasteiger partial charge in [0.05, 0.1) is 4.92 Å². The van der Waals surface area contributed by atoms with E-state index < -0.39 is 16.9 Å². The first-order chi connectivity index (χ1) is 8.43. The summed E-state index contributed by atoms with van der Waals surface area (Å²) in [5.41, 5.74) is 0.194. The summed E-state index contributed by atoms with van der Waals surface area (Å²) in [5, 5.41) is 24.2. The Hall–Kier alpha value is -2.12. The minimum absolute atomic E-state index is 0.106. The molecular weight excluding hydrogens is 240 g/mol. The summed E-state index contributed by atoms with van der Waals surface area (Å²) in [4.78, 5) is 23.3. The SMILES string of the molecule is Cc1nn(C)c(N2CCCC2C(=O)O)c1[N+](=O)[O-]. The topological polar surface area (TPSA) is 102 Å². The van der Waals surface area contributed by atoms with Crippen LogP contribution in [0.2, 0.25) is 0 Å². The van der Waals surface area contributed by atoms with E-state index >= 15 is 0 Å². The van der Waals surface area contributed by atoms with E-state index in [1.165, 1.54) is 4.68 Å². The van der Waals surface area contributed by atoms with E-state index in [1.807, 2.05) is 0 Å². The number of carbonyl (C=O) groups is 1. The monoisotopic (exact) mass is 254 g/mol. The van der Waals surface area contributed by atoms with Crippen LogP contribution in [0.1, 0.15) is 18.5 Å². The van der Waals surface area contributed by atoms with Gasteiger partial charge in [-0.15, -0.1) is 0 Å². The van der Waals surface area contributed by atoms with Crippen LogP contribution in [0.25, 0.3) is 0 Å². The molecule has 0 aromatic carbocycles. The van der Waals surface area contributed by atoms with Gasteiger partial charge in [-0.1, -0.05) is 0 Å². The van der Waals surface area contributed by atoms with Gasteiger partial charge in [0.15, 0.2) is 0 Å². The number of hydrogen-bond donors (Lipinski definition) is 1. The summed E-state index contributed by atoms with van der Waals surface area (Å²) in [6, 6.07) is -0.710. The van der Waals surface area contributed by atoms with Crippen molar-refractivity contribution in [2.75, 3.05) is 11.4 Å². The van der Waals surface area contributed by atoms with E-state index in [1.54, 1.807) is 18.9 Å². The molecule has 98 valence electrons. The van der Waals surface area contributed by atoms with Crippen LogP contribution < -0.4 is 4.90 Å². The number of nitro groups is 1. The molecule has 0 spiro atoms. The number of nitrogens with zero attached hydrogens (tertiary/aromatic N) is 4. The van der Waals surface area contributed by atoms with Gasteiger partial charge in [0.1, 0.15) is 11.7 Å². The Balaban J connectivity index is 2.50. The van der Waals surface area contributed by atoms with E-state index in [0.29, 0.717) is 25.1 Å². The largest absolute Gasteiger partial charge is 0.480 e. The highest BCUT2D eigenvalue weighted by atomic mass is 16.6. The Labute approximate surface area is 103 Å². The van der Waals surface area contributed by atoms with E-state index in [0.717, 1.165) is 0 Å². The molecular formula is C10H14N4O4. The molecule has 0 radical (unpaired) electrons. The third-order valence-electron chi connectivity index (χ3n) is 3.15. The van der Waals surface area contributed by atoms with Crippen molar-refractivity contribution in [3.63, 3.8) is 0 Å². The van der Waals surface area contributed by atoms with Crippen molar-refractivity contribution in [3.05, 3.63) is 15.8 Å². The molecule has 18 heavy (non-hydrogen) atoms. The van der Waals surface area contributed by atoms with Gasteiger partial charge in [-0.2, -0.15) is 5.10 Å². The quantitative estimate of drug-likeness (QED) is 0.629. The minimum Gasteiger partial charge on any atom is -0.480 e. The van der Waals surface area contributed by atoms with Gasteiger partial charge in [0.25, 0.3) is 0 Å². The molecule has 8 heteroatoms. The second-order valence-corrected chi connectivity index (χ2v) is 4.33. The highest BCUT2D eigenvalue weighted by Gasteiger charge is 2.38. The minimum atomic E-state index is -0.958. The van der Waals surface area contributed by atoms with Crippen LogP contribution in [0.4, 0.5) is 11.5 Å². The average molecular weight is 254 g/mol. The number of aromatic nitrogens is 2. The standard InChI is InChI=1S/C10H14N4O4/c1-6-8(14(17)18)9(12(2)11-6)13-5-3-4-7(13)10(15)16/h7H,3-5H2,1-2H3,(H,15,16). The van der Waals surface area contributed by atoms with Crippen LogP contribution in [-0.4, -0.2) is 38.4 Å². The van der Waals surface area contributed by atoms with Crippen LogP contribution in [0, 0.1) is 17.0 Å². The van der Waals surface area contributed by atoms with Crippen LogP contribution in [0.15, 0.2) is 0 Å². The van der Waals surface area contributed by atoms with Gasteiger partial charge in [0, 0.05) is 13.6 Å². The molecule has 1 atom stereocenters. The Morgan fingerprint density at radius 2 is 2.28 bits per heavy atom. The number of aliphatic carboxylic acids is 1. The molecule has 1 aromatic rings. The molecule has 8 nitrogen and oxygen atoms in total. The number of anilines is 1. The van der Waals surface area contributed by atoms with E-state index in [4.69, 9.17) is 5.11 Å². The number of aryl methyl sites for hydroxylation is 2. The van der Waals surface area contributed by atoms with Crippen molar-refractivity contribution in [2.45, 2.75) is 25.8 Å². The molecule has 1 unspecified atom stereocenters. The zero-order valence-electron chi connectivity index (χ0n) is 10.2. The highest BCUT2D eigenvalue weighted by Crippen LogP contribution is 2.35. The Kier molecular flexibility index (Phi) is 2.93. The van der Waals surface area contributed by atoms with Gasteiger partial charge >= 0.3 is 11.7 Å². The third-order valence-corrected chi connectivity index (χ3v) is 3.15. The zero-order chi connectivity index (χ0) is 13.4. The Morgan fingerprint density at radius 1 is 1.61 bits per heavy atom. The molecule has 0 bridgehead atoms. The van der Waals surface area contributed by atoms with Gasteiger partial charge in [0.2, 0.25) is 5.82 Å². The van der Waals surface area contributed by atoms with Crippen LogP contribution >= 0.6 is 0 Å². The van der Waals surface area contributed by atoms with Crippen LogP contribution in [0.5, 0.6) is 0 Å². The van der Waals surface area contributed by atoms with E-state index in [-0.39, 0.29) is 11.5 Å². The number of carboxylic acid groups (broad SMARTS) is 1. The third kappa shape index (κ3) is 1.79. The summed E-state index contributed by atoms with van der Waals surface area (Å²) in [7, 11) is 1.59. The number of hydrogen-bond acceptors (Lipinski definition) is 5. The van der Waals surface area contributed by atoms with Crippen molar-refractivity contribution in [1.29, 1.82) is 0 Å². The maximum absolute atomic E-state index is 11.1. The number of rotatable bonds is 3. The molecule has 1 aromatic heterocycles. The predicted octanol–water partition coefficient (Wildman–Crippen LogP) is 0.690. The first-order valence-corrected chi connectivity index (χ1v) is 5.61. The summed E-state index contributed by atoms with van der Waals surface area (Å²) >= 11 is 0. The van der Waals surface area contributed by atoms with Crippen molar-refractivity contribution < 1.29 is 14.8 Å². The lowest BCUT2D eigenvalue weighted by Crippen LogP contribution is -2.37. The molecule has 0 amide bonds. The van der Waals surface area contributed by atoms with Crippen LogP contribution in [0.3, 0.4) is 0 Å². The summed E-state index contributed by atoms with van der Waals surface area (Å²) in [6.45, 7) is 2.05. The molecule has 2 rings (SSSR count). The maximum atomic E-state index is 11.1. The normalized spacial score (nSPS) is 19.2. The number of carboxylic acids is 1. The predicted molar refractivity (Wildman–Crippen MR) is 62.6 cm³/mol. The Bertz CT molecular complexity index is 510. The highest BCUT2D eigenvalue weighted by molar-refractivity contribution is 5.80. The second-order valence-electron chi connectivity index (χ2n) is 4.33. The van der Waals surface area contributed by atoms with Crippen LogP contribution in [-0.2, 0) is 11.8 Å². The van der Waals surface area contributed by atoms with Gasteiger partial charge in [-0.3, -0.25) is 10.1 Å². The first-order valence-electron chi connectivity index (χ1n) is 5.61. The molecule has 0 saturated carbocycles. The van der Waals surface area contributed by atoms with Crippen molar-refractivity contribution in [1.82, 2.24) is 9.78 Å². The molecule has 1 N–H and O–H groups in total. The molecule has 1 saturated heterocycles. The fraction of sp³-hybridized carbons (Fsp3) is 0.600.